The van der Waals surface area contributed by atoms with E-state index in [9.17, 15) is 9.90 Å². The minimum absolute atomic E-state index is 0.0180. The molecule has 21 heavy (non-hydrogen) atoms. The summed E-state index contributed by atoms with van der Waals surface area (Å²) in [5, 5.41) is 10.3. The van der Waals surface area contributed by atoms with Gasteiger partial charge in [0.15, 0.2) is 0 Å². The van der Waals surface area contributed by atoms with Crippen molar-refractivity contribution in [3.8, 4) is 0 Å². The molecular formula is C17H24O4. The van der Waals surface area contributed by atoms with Gasteiger partial charge in [-0.05, 0) is 31.1 Å². The summed E-state index contributed by atoms with van der Waals surface area (Å²) in [6, 6.07) is 0. The lowest BCUT2D eigenvalue weighted by Gasteiger charge is -2.37. The first kappa shape index (κ1) is 14.6. The number of carbonyl (C=O) groups is 1. The molecule has 2 heterocycles. The van der Waals surface area contributed by atoms with E-state index in [1.54, 1.807) is 0 Å². The minimum atomic E-state index is -0.462. The molecule has 1 fully saturated rings. The van der Waals surface area contributed by atoms with Crippen molar-refractivity contribution in [1.29, 1.82) is 0 Å². The fraction of sp³-hybridized carbons (Fsp3) is 0.706. The van der Waals surface area contributed by atoms with Gasteiger partial charge in [-0.3, -0.25) is 0 Å². The number of fused-ring (bicyclic) bond motifs is 5. The standard InChI is InChI=1S/C17H24O4/c1-8(2)10-6-5-9(3)13-14(10)12-7-11(18)15(16(13)21-12)17(19)20-4/h5,8,10,12-14,16,18H,6-7H2,1-4H3/t10-,12+,13+,14+,16+/m1/s1. The Kier molecular flexibility index (Phi) is 3.60. The first-order valence-corrected chi connectivity index (χ1v) is 7.78. The Balaban J connectivity index is 2.02. The zero-order valence-corrected chi connectivity index (χ0v) is 13.1. The maximum atomic E-state index is 12.0. The number of ether oxygens (including phenoxy) is 2. The van der Waals surface area contributed by atoms with Crippen LogP contribution in [0.3, 0.4) is 0 Å². The third-order valence-corrected chi connectivity index (χ3v) is 5.48. The number of aliphatic hydroxyl groups is 1. The van der Waals surface area contributed by atoms with Crippen molar-refractivity contribution < 1.29 is 19.4 Å². The van der Waals surface area contributed by atoms with Gasteiger partial charge in [0.2, 0.25) is 0 Å². The largest absolute Gasteiger partial charge is 0.512 e. The van der Waals surface area contributed by atoms with E-state index in [0.717, 1.165) is 6.42 Å². The van der Waals surface area contributed by atoms with Gasteiger partial charge in [0.1, 0.15) is 17.4 Å². The monoisotopic (exact) mass is 292 g/mol. The smallest absolute Gasteiger partial charge is 0.339 e. The van der Waals surface area contributed by atoms with E-state index in [1.807, 2.05) is 0 Å². The lowest BCUT2D eigenvalue weighted by Crippen LogP contribution is -2.35. The van der Waals surface area contributed by atoms with E-state index in [2.05, 4.69) is 26.8 Å². The van der Waals surface area contributed by atoms with Crippen molar-refractivity contribution in [2.24, 2.45) is 23.7 Å². The van der Waals surface area contributed by atoms with Gasteiger partial charge >= 0.3 is 5.97 Å². The summed E-state index contributed by atoms with van der Waals surface area (Å²) in [6.45, 7) is 6.60. The van der Waals surface area contributed by atoms with Crippen LogP contribution in [0.5, 0.6) is 0 Å². The van der Waals surface area contributed by atoms with Gasteiger partial charge in [-0.25, -0.2) is 4.79 Å². The lowest BCUT2D eigenvalue weighted by molar-refractivity contribution is -0.138. The zero-order valence-electron chi connectivity index (χ0n) is 13.1. The second-order valence-electron chi connectivity index (χ2n) is 6.85. The van der Waals surface area contributed by atoms with Gasteiger partial charge in [-0.15, -0.1) is 0 Å². The number of aliphatic hydroxyl groups excluding tert-OH is 1. The Bertz CT molecular complexity index is 517. The third kappa shape index (κ3) is 2.11. The van der Waals surface area contributed by atoms with E-state index in [-0.39, 0.29) is 23.9 Å². The van der Waals surface area contributed by atoms with Crippen LogP contribution in [0, 0.1) is 23.7 Å². The molecule has 0 spiro atoms. The minimum Gasteiger partial charge on any atom is -0.512 e. The highest BCUT2D eigenvalue weighted by atomic mass is 16.5. The van der Waals surface area contributed by atoms with Crippen LogP contribution in [0.2, 0.25) is 0 Å². The fourth-order valence-electron chi connectivity index (χ4n) is 4.45. The van der Waals surface area contributed by atoms with Crippen LogP contribution < -0.4 is 0 Å². The van der Waals surface area contributed by atoms with E-state index in [0.29, 0.717) is 29.7 Å². The number of allylic oxidation sites excluding steroid dienone is 1. The van der Waals surface area contributed by atoms with Crippen LogP contribution in [0.15, 0.2) is 23.0 Å². The highest BCUT2D eigenvalue weighted by Gasteiger charge is 2.55. The molecule has 3 aliphatic rings. The van der Waals surface area contributed by atoms with Gasteiger partial charge in [0.05, 0.1) is 13.2 Å². The first-order chi connectivity index (χ1) is 9.95. The molecule has 0 aromatic carbocycles. The normalized spacial score (nSPS) is 38.3. The zero-order chi connectivity index (χ0) is 15.3. The predicted octanol–water partition coefficient (Wildman–Crippen LogP) is 3.00. The van der Waals surface area contributed by atoms with Crippen LogP contribution in [-0.2, 0) is 14.3 Å². The summed E-state index contributed by atoms with van der Waals surface area (Å²) >= 11 is 0. The molecule has 4 nitrogen and oxygen atoms in total. The summed E-state index contributed by atoms with van der Waals surface area (Å²) in [7, 11) is 1.35. The second-order valence-corrected chi connectivity index (χ2v) is 6.85. The summed E-state index contributed by atoms with van der Waals surface area (Å²) in [4.78, 5) is 12.0. The van der Waals surface area contributed by atoms with Crippen molar-refractivity contribution in [3.63, 3.8) is 0 Å². The van der Waals surface area contributed by atoms with E-state index < -0.39 is 5.97 Å². The van der Waals surface area contributed by atoms with Gasteiger partial charge in [-0.2, -0.15) is 0 Å². The van der Waals surface area contributed by atoms with Crippen LogP contribution in [0.25, 0.3) is 0 Å². The van der Waals surface area contributed by atoms with Gasteiger partial charge in [0, 0.05) is 12.3 Å². The molecule has 2 aliphatic heterocycles. The first-order valence-electron chi connectivity index (χ1n) is 7.78. The van der Waals surface area contributed by atoms with Crippen LogP contribution in [0.4, 0.5) is 0 Å². The number of rotatable bonds is 2. The van der Waals surface area contributed by atoms with E-state index >= 15 is 0 Å². The average molecular weight is 292 g/mol. The molecule has 116 valence electrons. The number of carbonyl (C=O) groups excluding carboxylic acids is 1. The van der Waals surface area contributed by atoms with Gasteiger partial charge in [-0.1, -0.05) is 25.5 Å². The summed E-state index contributed by atoms with van der Waals surface area (Å²) in [5.41, 5.74) is 1.61. The van der Waals surface area contributed by atoms with Crippen molar-refractivity contribution in [2.45, 2.75) is 45.8 Å². The summed E-state index contributed by atoms with van der Waals surface area (Å²) in [5.74, 6) is 1.37. The van der Waals surface area contributed by atoms with Crippen molar-refractivity contribution >= 4 is 5.97 Å². The van der Waals surface area contributed by atoms with Crippen LogP contribution in [0.1, 0.15) is 33.6 Å². The highest BCUT2D eigenvalue weighted by molar-refractivity contribution is 5.90. The fourth-order valence-corrected chi connectivity index (χ4v) is 4.45. The summed E-state index contributed by atoms with van der Waals surface area (Å²) < 4.78 is 11.0. The average Bonchev–Trinajstić information content (AvgIpc) is 2.74. The molecule has 2 bridgehead atoms. The molecular weight excluding hydrogens is 268 g/mol. The Hall–Kier alpha value is -1.29. The molecule has 1 saturated heterocycles. The SMILES string of the molecule is COC(=O)C1=C(O)C[C@@H]2O[C@H]1[C@H]1C(C)=CC[C@H](C(C)C)[C@H]12. The molecule has 0 saturated carbocycles. The topological polar surface area (TPSA) is 55.8 Å². The van der Waals surface area contributed by atoms with E-state index in [4.69, 9.17) is 9.47 Å². The predicted molar refractivity (Wildman–Crippen MR) is 78.6 cm³/mol. The van der Waals surface area contributed by atoms with Crippen LogP contribution in [-0.4, -0.2) is 30.4 Å². The maximum absolute atomic E-state index is 12.0. The van der Waals surface area contributed by atoms with Crippen LogP contribution >= 0.6 is 0 Å². The maximum Gasteiger partial charge on any atom is 0.339 e. The van der Waals surface area contributed by atoms with E-state index in [1.165, 1.54) is 12.7 Å². The number of methoxy groups -OCH3 is 1. The number of hydrogen-bond acceptors (Lipinski definition) is 4. The molecule has 0 unspecified atom stereocenters. The van der Waals surface area contributed by atoms with Gasteiger partial charge < -0.3 is 14.6 Å². The molecule has 1 aliphatic carbocycles. The van der Waals surface area contributed by atoms with Crippen molar-refractivity contribution in [2.75, 3.05) is 7.11 Å². The molecule has 4 heteroatoms. The molecule has 1 N–H and O–H groups in total. The third-order valence-electron chi connectivity index (χ3n) is 5.48. The molecule has 0 amide bonds. The van der Waals surface area contributed by atoms with Crippen molar-refractivity contribution in [3.05, 3.63) is 23.0 Å². The Morgan fingerprint density at radius 3 is 2.81 bits per heavy atom. The number of esters is 1. The second kappa shape index (κ2) is 5.16. The molecule has 0 aromatic rings. The Morgan fingerprint density at radius 2 is 2.19 bits per heavy atom. The molecule has 3 rings (SSSR count). The Labute approximate surface area is 125 Å². The van der Waals surface area contributed by atoms with Crippen molar-refractivity contribution in [1.82, 2.24) is 0 Å². The Morgan fingerprint density at radius 1 is 1.48 bits per heavy atom. The quantitative estimate of drug-likeness (QED) is 0.628. The molecule has 0 radical (unpaired) electrons. The van der Waals surface area contributed by atoms with Gasteiger partial charge in [0.25, 0.3) is 0 Å². The summed E-state index contributed by atoms with van der Waals surface area (Å²) in [6.07, 6.45) is 3.44. The molecule has 5 atom stereocenters. The molecule has 0 aromatic heterocycles. The number of hydrogen-bond donors (Lipinski definition) is 1. The highest BCUT2D eigenvalue weighted by Crippen LogP contribution is 2.53. The lowest BCUT2D eigenvalue weighted by atomic mass is 9.66.